The summed E-state index contributed by atoms with van der Waals surface area (Å²) in [6, 6.07) is 3.16. The zero-order chi connectivity index (χ0) is 12.3. The molecule has 6 heteroatoms. The molecule has 17 heavy (non-hydrogen) atoms. The second-order valence-electron chi connectivity index (χ2n) is 4.20. The molecular formula is C11H17N3O3. The van der Waals surface area contributed by atoms with Gasteiger partial charge in [-0.2, -0.15) is 0 Å². The van der Waals surface area contributed by atoms with Crippen molar-refractivity contribution >= 4 is 5.97 Å². The number of rotatable bonds is 4. The van der Waals surface area contributed by atoms with Gasteiger partial charge >= 0.3 is 5.97 Å². The number of piperazine rings is 1. The summed E-state index contributed by atoms with van der Waals surface area (Å²) in [5, 5.41) is 10.8. The van der Waals surface area contributed by atoms with Gasteiger partial charge in [0.05, 0.1) is 6.54 Å². The van der Waals surface area contributed by atoms with Crippen molar-refractivity contribution in [3.8, 4) is 0 Å². The number of hydrogen-bond acceptors (Lipinski definition) is 5. The van der Waals surface area contributed by atoms with Crippen molar-refractivity contribution in [1.82, 2.24) is 15.3 Å². The van der Waals surface area contributed by atoms with Gasteiger partial charge in [-0.3, -0.25) is 0 Å². The molecule has 2 N–H and O–H groups in total. The molecule has 1 fully saturated rings. The molecule has 0 atom stereocenters. The summed E-state index contributed by atoms with van der Waals surface area (Å²) in [7, 11) is 2.10. The maximum atomic E-state index is 10.6. The lowest BCUT2D eigenvalue weighted by Gasteiger charge is -2.32. The lowest BCUT2D eigenvalue weighted by atomic mass is 10.4. The topological polar surface area (TPSA) is 69.0 Å². The molecule has 0 unspecified atom stereocenters. The van der Waals surface area contributed by atoms with E-state index in [1.54, 1.807) is 6.07 Å². The molecule has 1 saturated heterocycles. The minimum absolute atomic E-state index is 0.0137. The average molecular weight is 239 g/mol. The van der Waals surface area contributed by atoms with Crippen LogP contribution in [0.4, 0.5) is 0 Å². The van der Waals surface area contributed by atoms with Crippen LogP contribution in [0.2, 0.25) is 0 Å². The summed E-state index contributed by atoms with van der Waals surface area (Å²) in [5.74, 6) is -0.405. The zero-order valence-electron chi connectivity index (χ0n) is 9.85. The zero-order valence-corrected chi connectivity index (χ0v) is 9.85. The van der Waals surface area contributed by atoms with Gasteiger partial charge < -0.3 is 14.4 Å². The second kappa shape index (κ2) is 5.31. The second-order valence-corrected chi connectivity index (χ2v) is 4.20. The number of nitrogens with zero attached hydrogens (tertiary/aromatic N) is 2. The van der Waals surface area contributed by atoms with E-state index in [4.69, 9.17) is 9.52 Å². The molecule has 0 saturated carbocycles. The van der Waals surface area contributed by atoms with Crippen molar-refractivity contribution in [2.24, 2.45) is 0 Å². The Balaban J connectivity index is 1.79. The molecule has 2 heterocycles. The number of carbonyl (C=O) groups is 1. The third kappa shape index (κ3) is 3.29. The van der Waals surface area contributed by atoms with Crippen molar-refractivity contribution < 1.29 is 14.3 Å². The maximum absolute atomic E-state index is 10.6. The molecule has 0 aromatic carbocycles. The van der Waals surface area contributed by atoms with E-state index in [0.29, 0.717) is 12.3 Å². The van der Waals surface area contributed by atoms with Gasteiger partial charge in [0.2, 0.25) is 5.76 Å². The van der Waals surface area contributed by atoms with Gasteiger partial charge in [0, 0.05) is 26.2 Å². The van der Waals surface area contributed by atoms with Crippen LogP contribution in [-0.4, -0.2) is 54.2 Å². The van der Waals surface area contributed by atoms with Gasteiger partial charge in [-0.25, -0.2) is 15.2 Å². The molecule has 0 aliphatic carbocycles. The van der Waals surface area contributed by atoms with Crippen LogP contribution in [0.5, 0.6) is 0 Å². The SMILES string of the molecule is CN1CCN(NCc2ccc(C(=O)O)o2)CC1. The smallest absolute Gasteiger partial charge is 0.371 e. The summed E-state index contributed by atoms with van der Waals surface area (Å²) >= 11 is 0. The minimum atomic E-state index is -1.03. The number of aromatic carboxylic acids is 1. The lowest BCUT2D eigenvalue weighted by Crippen LogP contribution is -2.50. The molecule has 1 aliphatic heterocycles. The fraction of sp³-hybridized carbons (Fsp3) is 0.545. The van der Waals surface area contributed by atoms with Crippen LogP contribution in [0.3, 0.4) is 0 Å². The van der Waals surface area contributed by atoms with Gasteiger partial charge in [-0.15, -0.1) is 0 Å². The van der Waals surface area contributed by atoms with E-state index < -0.39 is 5.97 Å². The monoisotopic (exact) mass is 239 g/mol. The average Bonchev–Trinajstić information content (AvgIpc) is 2.77. The first-order valence-corrected chi connectivity index (χ1v) is 5.64. The molecule has 1 aliphatic rings. The van der Waals surface area contributed by atoms with E-state index in [-0.39, 0.29) is 5.76 Å². The van der Waals surface area contributed by atoms with Crippen molar-refractivity contribution in [3.05, 3.63) is 23.7 Å². The number of likely N-dealkylation sites (N-methyl/N-ethyl adjacent to an activating group) is 1. The molecular weight excluding hydrogens is 222 g/mol. The maximum Gasteiger partial charge on any atom is 0.371 e. The van der Waals surface area contributed by atoms with E-state index in [0.717, 1.165) is 26.2 Å². The number of carboxylic acid groups (broad SMARTS) is 1. The quantitative estimate of drug-likeness (QED) is 0.784. The number of nitrogens with one attached hydrogen (secondary N) is 1. The van der Waals surface area contributed by atoms with Crippen molar-refractivity contribution in [2.75, 3.05) is 33.2 Å². The number of carboxylic acids is 1. The standard InChI is InChI=1S/C11H17N3O3/c1-13-4-6-14(7-5-13)12-8-9-2-3-10(17-9)11(15)16/h2-3,12H,4-8H2,1H3,(H,15,16). The van der Waals surface area contributed by atoms with E-state index in [1.807, 2.05) is 0 Å². The lowest BCUT2D eigenvalue weighted by molar-refractivity contribution is 0.0656. The highest BCUT2D eigenvalue weighted by molar-refractivity contribution is 5.84. The molecule has 1 aromatic heterocycles. The fourth-order valence-corrected chi connectivity index (χ4v) is 1.74. The van der Waals surface area contributed by atoms with Gasteiger partial charge in [0.1, 0.15) is 5.76 Å². The van der Waals surface area contributed by atoms with Crippen molar-refractivity contribution in [2.45, 2.75) is 6.54 Å². The van der Waals surface area contributed by atoms with Crippen LogP contribution in [0.25, 0.3) is 0 Å². The summed E-state index contributed by atoms with van der Waals surface area (Å²) in [6.45, 7) is 4.51. The molecule has 1 aromatic rings. The number of hydrazine groups is 1. The van der Waals surface area contributed by atoms with Crippen molar-refractivity contribution in [1.29, 1.82) is 0 Å². The van der Waals surface area contributed by atoms with Crippen LogP contribution in [0, 0.1) is 0 Å². The first-order valence-electron chi connectivity index (χ1n) is 5.64. The first kappa shape index (κ1) is 12.1. The number of hydrogen-bond donors (Lipinski definition) is 2. The van der Waals surface area contributed by atoms with E-state index in [2.05, 4.69) is 22.4 Å². The Kier molecular flexibility index (Phi) is 3.78. The normalized spacial score (nSPS) is 18.4. The van der Waals surface area contributed by atoms with Gasteiger partial charge in [-0.1, -0.05) is 0 Å². The van der Waals surface area contributed by atoms with E-state index in [9.17, 15) is 4.79 Å². The Hall–Kier alpha value is -1.37. The van der Waals surface area contributed by atoms with Crippen LogP contribution in [-0.2, 0) is 6.54 Å². The largest absolute Gasteiger partial charge is 0.475 e. The van der Waals surface area contributed by atoms with Crippen LogP contribution in [0.15, 0.2) is 16.5 Å². The third-order valence-electron chi connectivity index (χ3n) is 2.85. The van der Waals surface area contributed by atoms with Crippen LogP contribution in [0.1, 0.15) is 16.3 Å². The summed E-state index contributed by atoms with van der Waals surface area (Å²) in [4.78, 5) is 12.9. The van der Waals surface area contributed by atoms with Crippen LogP contribution >= 0.6 is 0 Å². The fourth-order valence-electron chi connectivity index (χ4n) is 1.74. The molecule has 6 nitrogen and oxygen atoms in total. The highest BCUT2D eigenvalue weighted by Crippen LogP contribution is 2.08. The molecule has 0 spiro atoms. The van der Waals surface area contributed by atoms with Crippen LogP contribution < -0.4 is 5.43 Å². The van der Waals surface area contributed by atoms with Gasteiger partial charge in [0.25, 0.3) is 0 Å². The Bertz CT molecular complexity index is 383. The van der Waals surface area contributed by atoms with E-state index in [1.165, 1.54) is 6.07 Å². The summed E-state index contributed by atoms with van der Waals surface area (Å²) < 4.78 is 5.16. The highest BCUT2D eigenvalue weighted by atomic mass is 16.4. The molecule has 0 bridgehead atoms. The Morgan fingerprint density at radius 2 is 2.12 bits per heavy atom. The Morgan fingerprint density at radius 3 is 2.71 bits per heavy atom. The first-order chi connectivity index (χ1) is 8.15. The Morgan fingerprint density at radius 1 is 1.41 bits per heavy atom. The van der Waals surface area contributed by atoms with Gasteiger partial charge in [-0.05, 0) is 19.2 Å². The number of furan rings is 1. The minimum Gasteiger partial charge on any atom is -0.475 e. The summed E-state index contributed by atoms with van der Waals surface area (Å²) in [6.07, 6.45) is 0. The Labute approximate surface area is 99.8 Å². The predicted molar refractivity (Wildman–Crippen MR) is 61.6 cm³/mol. The third-order valence-corrected chi connectivity index (χ3v) is 2.85. The summed E-state index contributed by atoms with van der Waals surface area (Å²) in [5.41, 5.74) is 3.23. The highest BCUT2D eigenvalue weighted by Gasteiger charge is 2.14. The molecule has 2 rings (SSSR count). The predicted octanol–water partition coefficient (Wildman–Crippen LogP) is 0.230. The van der Waals surface area contributed by atoms with Crippen molar-refractivity contribution in [3.63, 3.8) is 0 Å². The van der Waals surface area contributed by atoms with E-state index >= 15 is 0 Å². The molecule has 94 valence electrons. The molecule has 0 radical (unpaired) electrons. The molecule has 0 amide bonds. The van der Waals surface area contributed by atoms with Gasteiger partial charge in [0.15, 0.2) is 0 Å².